The lowest BCUT2D eigenvalue weighted by Gasteiger charge is -2.01. The second kappa shape index (κ2) is 7.51. The summed E-state index contributed by atoms with van der Waals surface area (Å²) in [6.07, 6.45) is 1.43. The summed E-state index contributed by atoms with van der Waals surface area (Å²) in [7, 11) is 0. The van der Waals surface area contributed by atoms with Gasteiger partial charge in [-0.25, -0.2) is 4.98 Å². The Morgan fingerprint density at radius 1 is 1.28 bits per heavy atom. The summed E-state index contributed by atoms with van der Waals surface area (Å²) in [5.74, 6) is 0.0118. The predicted octanol–water partition coefficient (Wildman–Crippen LogP) is 4.06. The summed E-state index contributed by atoms with van der Waals surface area (Å²) in [5, 5.41) is 23.7. The highest BCUT2D eigenvalue weighted by Gasteiger charge is 2.13. The lowest BCUT2D eigenvalue weighted by Crippen LogP contribution is -1.99. The Morgan fingerprint density at radius 2 is 2.04 bits per heavy atom. The highest BCUT2D eigenvalue weighted by atomic mass is 35.5. The summed E-state index contributed by atoms with van der Waals surface area (Å²) in [6.45, 7) is -0.263. The Labute approximate surface area is 148 Å². The van der Waals surface area contributed by atoms with Crippen LogP contribution in [0.1, 0.15) is 11.4 Å². The van der Waals surface area contributed by atoms with E-state index in [1.807, 2.05) is 42.5 Å². The molecule has 0 spiro atoms. The van der Waals surface area contributed by atoms with E-state index in [4.69, 9.17) is 16.4 Å². The van der Waals surface area contributed by atoms with Crippen molar-refractivity contribution in [2.45, 2.75) is 0 Å². The van der Waals surface area contributed by atoms with Crippen molar-refractivity contribution in [3.63, 3.8) is 0 Å². The number of nitriles is 1. The van der Waals surface area contributed by atoms with Gasteiger partial charge in [0, 0.05) is 10.6 Å². The molecule has 0 aliphatic carbocycles. The van der Waals surface area contributed by atoms with Gasteiger partial charge in [0.25, 0.3) is 0 Å². The Bertz CT molecular complexity index is 968. The summed E-state index contributed by atoms with van der Waals surface area (Å²) < 4.78 is 0. The molecule has 0 aliphatic heterocycles. The third kappa shape index (κ3) is 3.79. The minimum atomic E-state index is -0.266. The molecular weight excluding hydrogens is 340 g/mol. The molecule has 0 aliphatic rings. The molecule has 0 saturated carbocycles. The van der Waals surface area contributed by atoms with Crippen molar-refractivity contribution in [2.24, 2.45) is 5.16 Å². The number of aromatic nitrogens is 2. The van der Waals surface area contributed by atoms with Gasteiger partial charge in [0.15, 0.2) is 18.2 Å². The Morgan fingerprint density at radius 3 is 2.80 bits per heavy atom. The highest BCUT2D eigenvalue weighted by molar-refractivity contribution is 6.33. The first-order chi connectivity index (χ1) is 12.2. The van der Waals surface area contributed by atoms with Crippen LogP contribution in [0.4, 0.5) is 0 Å². The molecule has 3 rings (SSSR count). The van der Waals surface area contributed by atoms with E-state index < -0.39 is 0 Å². The molecule has 2 N–H and O–H groups in total. The molecule has 6 nitrogen and oxygen atoms in total. The molecule has 0 unspecified atom stereocenters. The number of aromatic amines is 1. The second-order valence-electron chi connectivity index (χ2n) is 5.07. The molecule has 1 aromatic heterocycles. The SMILES string of the molecule is N#CC(=C(O)CO/N=C\c1ccccc1Cl)c1nc2ccccc2[nH]1. The predicted molar refractivity (Wildman–Crippen MR) is 96.3 cm³/mol. The maximum atomic E-state index is 10.1. The van der Waals surface area contributed by atoms with Gasteiger partial charge in [-0.1, -0.05) is 47.1 Å². The lowest BCUT2D eigenvalue weighted by molar-refractivity contribution is 0.139. The molecule has 2 aromatic carbocycles. The number of aliphatic hydroxyl groups is 1. The zero-order valence-corrected chi connectivity index (χ0v) is 13.7. The van der Waals surface area contributed by atoms with E-state index in [1.54, 1.807) is 12.1 Å². The average molecular weight is 353 g/mol. The number of hydrogen-bond donors (Lipinski definition) is 2. The summed E-state index contributed by atoms with van der Waals surface area (Å²) in [5.41, 5.74) is 2.17. The van der Waals surface area contributed by atoms with Gasteiger partial charge in [-0.3, -0.25) is 0 Å². The van der Waals surface area contributed by atoms with Gasteiger partial charge in [-0.15, -0.1) is 0 Å². The Kier molecular flexibility index (Phi) is 4.97. The van der Waals surface area contributed by atoms with E-state index in [0.29, 0.717) is 16.1 Å². The molecule has 0 atom stereocenters. The number of H-pyrrole nitrogens is 1. The van der Waals surface area contributed by atoms with Crippen molar-refractivity contribution in [2.75, 3.05) is 6.61 Å². The first-order valence-corrected chi connectivity index (χ1v) is 7.74. The number of nitrogens with zero attached hydrogens (tertiary/aromatic N) is 3. The van der Waals surface area contributed by atoms with Crippen molar-refractivity contribution < 1.29 is 9.94 Å². The zero-order chi connectivity index (χ0) is 17.6. The zero-order valence-electron chi connectivity index (χ0n) is 13.0. The van der Waals surface area contributed by atoms with Crippen LogP contribution in [-0.4, -0.2) is 27.9 Å². The fourth-order valence-corrected chi connectivity index (χ4v) is 2.35. The van der Waals surface area contributed by atoms with Crippen molar-refractivity contribution in [3.8, 4) is 6.07 Å². The topological polar surface area (TPSA) is 94.3 Å². The van der Waals surface area contributed by atoms with Gasteiger partial charge < -0.3 is 14.9 Å². The van der Waals surface area contributed by atoms with Crippen LogP contribution >= 0.6 is 11.6 Å². The maximum Gasteiger partial charge on any atom is 0.175 e. The molecule has 0 bridgehead atoms. The Balaban J connectivity index is 1.74. The number of nitrogens with one attached hydrogen (secondary N) is 1. The minimum absolute atomic E-state index is 0.00384. The average Bonchev–Trinajstić information content (AvgIpc) is 3.04. The standard InChI is InChI=1S/C18H13ClN4O2/c19-14-6-2-1-5-12(14)10-21-25-11-17(24)13(9-20)18-22-15-7-3-4-8-16(15)23-18/h1-8,10,24H,11H2,(H,22,23)/b17-13?,21-10-. The number of halogens is 1. The number of benzene rings is 2. The number of rotatable bonds is 5. The molecule has 0 fully saturated rings. The van der Waals surface area contributed by atoms with Crippen LogP contribution in [0.3, 0.4) is 0 Å². The summed E-state index contributed by atoms with van der Waals surface area (Å²) >= 11 is 6.00. The fourth-order valence-electron chi connectivity index (χ4n) is 2.17. The van der Waals surface area contributed by atoms with Crippen molar-refractivity contribution in [3.05, 3.63) is 70.7 Å². The number of imidazole rings is 1. The van der Waals surface area contributed by atoms with E-state index in [1.165, 1.54) is 6.21 Å². The molecule has 124 valence electrons. The molecular formula is C18H13ClN4O2. The first kappa shape index (κ1) is 16.6. The number of aliphatic hydroxyl groups excluding tert-OH is 1. The smallest absolute Gasteiger partial charge is 0.175 e. The van der Waals surface area contributed by atoms with Gasteiger partial charge in [-0.05, 0) is 18.2 Å². The maximum absolute atomic E-state index is 10.1. The van der Waals surface area contributed by atoms with Crippen LogP contribution in [0.25, 0.3) is 16.6 Å². The lowest BCUT2D eigenvalue weighted by atomic mass is 10.2. The van der Waals surface area contributed by atoms with E-state index in [0.717, 1.165) is 5.52 Å². The van der Waals surface area contributed by atoms with Gasteiger partial charge in [-0.2, -0.15) is 5.26 Å². The summed E-state index contributed by atoms with van der Waals surface area (Å²) in [4.78, 5) is 12.3. The van der Waals surface area contributed by atoms with Gasteiger partial charge in [0.1, 0.15) is 11.6 Å². The van der Waals surface area contributed by atoms with Gasteiger partial charge in [0.2, 0.25) is 0 Å². The fraction of sp³-hybridized carbons (Fsp3) is 0.0556. The molecule has 0 amide bonds. The van der Waals surface area contributed by atoms with Crippen LogP contribution in [0.5, 0.6) is 0 Å². The highest BCUT2D eigenvalue weighted by Crippen LogP contribution is 2.19. The monoisotopic (exact) mass is 352 g/mol. The third-order valence-corrected chi connectivity index (χ3v) is 3.74. The van der Waals surface area contributed by atoms with Crippen LogP contribution in [0.2, 0.25) is 5.02 Å². The van der Waals surface area contributed by atoms with Crippen molar-refractivity contribution in [1.82, 2.24) is 9.97 Å². The normalized spacial score (nSPS) is 12.2. The molecule has 0 radical (unpaired) electrons. The van der Waals surface area contributed by atoms with E-state index in [2.05, 4.69) is 15.1 Å². The van der Waals surface area contributed by atoms with Crippen LogP contribution in [-0.2, 0) is 4.84 Å². The van der Waals surface area contributed by atoms with E-state index in [9.17, 15) is 10.4 Å². The van der Waals surface area contributed by atoms with Gasteiger partial charge in [0.05, 0.1) is 17.2 Å². The number of hydrogen-bond acceptors (Lipinski definition) is 5. The quantitative estimate of drug-likeness (QED) is 0.313. The second-order valence-corrected chi connectivity index (χ2v) is 5.47. The Hall–Kier alpha value is -3.30. The van der Waals surface area contributed by atoms with Gasteiger partial charge >= 0.3 is 0 Å². The number of fused-ring (bicyclic) bond motifs is 1. The molecule has 25 heavy (non-hydrogen) atoms. The molecule has 7 heteroatoms. The van der Waals surface area contributed by atoms with Crippen LogP contribution in [0, 0.1) is 11.3 Å². The summed E-state index contributed by atoms with van der Waals surface area (Å²) in [6, 6.07) is 16.4. The van der Waals surface area contributed by atoms with E-state index in [-0.39, 0.29) is 23.8 Å². The first-order valence-electron chi connectivity index (χ1n) is 7.36. The van der Waals surface area contributed by atoms with Crippen molar-refractivity contribution >= 4 is 34.4 Å². The van der Waals surface area contributed by atoms with Crippen LogP contribution in [0.15, 0.2) is 59.4 Å². The van der Waals surface area contributed by atoms with Crippen molar-refractivity contribution in [1.29, 1.82) is 5.26 Å². The number of allylic oxidation sites excluding steroid dienone is 1. The van der Waals surface area contributed by atoms with E-state index >= 15 is 0 Å². The number of para-hydroxylation sites is 2. The minimum Gasteiger partial charge on any atom is -0.507 e. The molecule has 1 heterocycles. The molecule has 3 aromatic rings. The third-order valence-electron chi connectivity index (χ3n) is 3.40. The van der Waals surface area contributed by atoms with Crippen LogP contribution < -0.4 is 0 Å². The molecule has 0 saturated heterocycles. The number of oxime groups is 1. The largest absolute Gasteiger partial charge is 0.507 e.